The van der Waals surface area contributed by atoms with Crippen LogP contribution in [0.15, 0.2) is 60.7 Å². The second-order valence-electron chi connectivity index (χ2n) is 11.4. The smallest absolute Gasteiger partial charge is 0.249 e. The Bertz CT molecular complexity index is 1190. The zero-order chi connectivity index (χ0) is 30.7. The summed E-state index contributed by atoms with van der Waals surface area (Å²) in [4.78, 5) is 52.8. The van der Waals surface area contributed by atoms with Gasteiger partial charge >= 0.3 is 0 Å². The fourth-order valence-electron chi connectivity index (χ4n) is 4.62. The number of aliphatic hydroxyl groups is 1. The first-order valence-electron chi connectivity index (χ1n) is 14.4. The lowest BCUT2D eigenvalue weighted by atomic mass is 9.93. The van der Waals surface area contributed by atoms with E-state index in [-0.39, 0.29) is 31.1 Å². The molecule has 1 aliphatic heterocycles. The molecule has 228 valence electrons. The fraction of sp³-hybridized carbons (Fsp3) is 0.500. The van der Waals surface area contributed by atoms with Gasteiger partial charge in [-0.05, 0) is 43.2 Å². The number of benzene rings is 2. The Morgan fingerprint density at radius 2 is 1.38 bits per heavy atom. The van der Waals surface area contributed by atoms with Crippen LogP contribution in [0.5, 0.6) is 0 Å². The number of aryl methyl sites for hydroxylation is 1. The fourth-order valence-corrected chi connectivity index (χ4v) is 4.62. The molecule has 0 spiro atoms. The lowest BCUT2D eigenvalue weighted by Gasteiger charge is -2.27. The molecule has 42 heavy (non-hydrogen) atoms. The highest BCUT2D eigenvalue weighted by molar-refractivity contribution is 5.98. The number of aliphatic hydroxyl groups excluding tert-OH is 1. The topological polar surface area (TPSA) is 146 Å². The number of amides is 3. The van der Waals surface area contributed by atoms with Gasteiger partial charge in [-0.1, -0.05) is 74.5 Å². The Hall–Kier alpha value is -3.60. The molecule has 2 unspecified atom stereocenters. The lowest BCUT2D eigenvalue weighted by molar-refractivity contribution is -0.137. The molecule has 1 aliphatic rings. The zero-order valence-electron chi connectivity index (χ0n) is 24.8. The summed E-state index contributed by atoms with van der Waals surface area (Å²) < 4.78 is 10.5. The molecule has 10 nitrogen and oxygen atoms in total. The summed E-state index contributed by atoms with van der Waals surface area (Å²) in [5.74, 6) is -1.98. The SMILES string of the molecule is COCC(NC(=O)[C@@H](O)CCc1ccccc1)C(=O)N[C@@H](Cc1ccccc1)C(=O)NC(CC(C)C)C(=O)[C@@]1(C)CO1. The van der Waals surface area contributed by atoms with Gasteiger partial charge in [-0.2, -0.15) is 0 Å². The summed E-state index contributed by atoms with van der Waals surface area (Å²) in [7, 11) is 1.38. The van der Waals surface area contributed by atoms with Crippen molar-refractivity contribution in [3.8, 4) is 0 Å². The number of ether oxygens (including phenoxy) is 2. The number of Topliss-reactive ketones (excluding diaryl/α,β-unsaturated/α-hetero) is 1. The molecule has 5 atom stereocenters. The molecular formula is C32H43N3O7. The number of rotatable bonds is 17. The number of carbonyl (C=O) groups excluding carboxylic acids is 4. The second kappa shape index (κ2) is 15.6. The maximum absolute atomic E-state index is 13.6. The Labute approximate surface area is 247 Å². The lowest BCUT2D eigenvalue weighted by Crippen LogP contribution is -2.58. The van der Waals surface area contributed by atoms with Crippen LogP contribution in [-0.2, 0) is 41.5 Å². The van der Waals surface area contributed by atoms with Gasteiger partial charge in [-0.15, -0.1) is 0 Å². The van der Waals surface area contributed by atoms with Crippen molar-refractivity contribution < 1.29 is 33.8 Å². The van der Waals surface area contributed by atoms with Crippen molar-refractivity contribution in [2.75, 3.05) is 20.3 Å². The third-order valence-corrected chi connectivity index (χ3v) is 7.17. The molecule has 0 bridgehead atoms. The van der Waals surface area contributed by atoms with E-state index in [1.54, 1.807) is 6.92 Å². The summed E-state index contributed by atoms with van der Waals surface area (Å²) in [6.45, 7) is 5.74. The minimum atomic E-state index is -1.34. The summed E-state index contributed by atoms with van der Waals surface area (Å²) in [6, 6.07) is 15.6. The van der Waals surface area contributed by atoms with Gasteiger partial charge in [-0.3, -0.25) is 19.2 Å². The summed E-state index contributed by atoms with van der Waals surface area (Å²) in [6.07, 6.45) is -0.115. The van der Waals surface area contributed by atoms with Crippen LogP contribution in [0.25, 0.3) is 0 Å². The molecule has 1 saturated heterocycles. The Kier molecular flexibility index (Phi) is 12.2. The van der Waals surface area contributed by atoms with E-state index in [1.807, 2.05) is 74.5 Å². The van der Waals surface area contributed by atoms with Gasteiger partial charge in [0.05, 0.1) is 19.3 Å². The molecule has 2 aromatic carbocycles. The van der Waals surface area contributed by atoms with E-state index in [9.17, 15) is 24.3 Å². The molecule has 0 aromatic heterocycles. The Morgan fingerprint density at radius 1 is 0.857 bits per heavy atom. The number of carbonyl (C=O) groups is 4. The van der Waals surface area contributed by atoms with Crippen molar-refractivity contribution in [3.05, 3.63) is 71.8 Å². The average molecular weight is 582 g/mol. The molecule has 2 aromatic rings. The third-order valence-electron chi connectivity index (χ3n) is 7.17. The molecule has 4 N–H and O–H groups in total. The van der Waals surface area contributed by atoms with Gasteiger partial charge in [0.15, 0.2) is 5.78 Å². The van der Waals surface area contributed by atoms with Gasteiger partial charge in [0.1, 0.15) is 23.8 Å². The molecular weight excluding hydrogens is 538 g/mol. The number of epoxide rings is 1. The molecule has 3 amide bonds. The van der Waals surface area contributed by atoms with E-state index in [0.717, 1.165) is 11.1 Å². The summed E-state index contributed by atoms with van der Waals surface area (Å²) >= 11 is 0. The minimum Gasteiger partial charge on any atom is -0.383 e. The molecule has 3 rings (SSSR count). The molecule has 0 aliphatic carbocycles. The van der Waals surface area contributed by atoms with Crippen LogP contribution in [-0.4, -0.2) is 78.8 Å². The molecule has 1 fully saturated rings. The predicted octanol–water partition coefficient (Wildman–Crippen LogP) is 1.73. The minimum absolute atomic E-state index is 0.123. The van der Waals surface area contributed by atoms with E-state index >= 15 is 0 Å². The van der Waals surface area contributed by atoms with E-state index in [1.165, 1.54) is 7.11 Å². The first-order valence-corrected chi connectivity index (χ1v) is 14.4. The summed E-state index contributed by atoms with van der Waals surface area (Å²) in [5, 5.41) is 18.6. The maximum Gasteiger partial charge on any atom is 0.249 e. The first kappa shape index (κ1) is 32.9. The van der Waals surface area contributed by atoms with Crippen LogP contribution in [0, 0.1) is 5.92 Å². The highest BCUT2D eigenvalue weighted by Gasteiger charge is 2.50. The Balaban J connectivity index is 1.71. The van der Waals surface area contributed by atoms with Crippen molar-refractivity contribution >= 4 is 23.5 Å². The quantitative estimate of drug-likeness (QED) is 0.208. The standard InChI is InChI=1S/C32H43N3O7/c1-21(2)17-24(28(37)32(3)20-42-32)33-29(38)25(18-23-13-9-6-10-14-23)34-30(39)26(19-41-4)35-31(40)27(36)16-15-22-11-7-5-8-12-22/h5-14,21,24-27,36H,15-20H2,1-4H3,(H,33,38)(H,34,39)(H,35,40)/t24?,25-,26?,27-,32+/m0/s1. The van der Waals surface area contributed by atoms with Gasteiger partial charge in [0.2, 0.25) is 17.7 Å². The van der Waals surface area contributed by atoms with Gasteiger partial charge in [0.25, 0.3) is 0 Å². The van der Waals surface area contributed by atoms with E-state index in [4.69, 9.17) is 9.47 Å². The highest BCUT2D eigenvalue weighted by atomic mass is 16.6. The van der Waals surface area contributed by atoms with E-state index in [0.29, 0.717) is 19.4 Å². The molecule has 0 saturated carbocycles. The summed E-state index contributed by atoms with van der Waals surface area (Å²) in [5.41, 5.74) is 0.854. The van der Waals surface area contributed by atoms with E-state index < -0.39 is 47.6 Å². The normalized spacial score (nSPS) is 18.8. The van der Waals surface area contributed by atoms with Crippen LogP contribution in [0.1, 0.15) is 44.7 Å². The van der Waals surface area contributed by atoms with Crippen LogP contribution in [0.2, 0.25) is 0 Å². The predicted molar refractivity (Wildman–Crippen MR) is 157 cm³/mol. The van der Waals surface area contributed by atoms with Crippen molar-refractivity contribution in [3.63, 3.8) is 0 Å². The monoisotopic (exact) mass is 581 g/mol. The zero-order valence-corrected chi connectivity index (χ0v) is 24.8. The van der Waals surface area contributed by atoms with Crippen molar-refractivity contribution in [1.29, 1.82) is 0 Å². The van der Waals surface area contributed by atoms with Crippen LogP contribution >= 0.6 is 0 Å². The van der Waals surface area contributed by atoms with Crippen molar-refractivity contribution in [1.82, 2.24) is 16.0 Å². The van der Waals surface area contributed by atoms with Gasteiger partial charge < -0.3 is 30.5 Å². The largest absolute Gasteiger partial charge is 0.383 e. The first-order chi connectivity index (χ1) is 20.0. The van der Waals surface area contributed by atoms with Crippen LogP contribution < -0.4 is 16.0 Å². The number of hydrogen-bond donors (Lipinski definition) is 4. The van der Waals surface area contributed by atoms with Crippen LogP contribution in [0.4, 0.5) is 0 Å². The molecule has 0 radical (unpaired) electrons. The van der Waals surface area contributed by atoms with Crippen molar-refractivity contribution in [2.24, 2.45) is 5.92 Å². The van der Waals surface area contributed by atoms with Crippen molar-refractivity contribution in [2.45, 2.75) is 76.3 Å². The van der Waals surface area contributed by atoms with Gasteiger partial charge in [-0.25, -0.2) is 0 Å². The highest BCUT2D eigenvalue weighted by Crippen LogP contribution is 2.29. The molecule has 10 heteroatoms. The Morgan fingerprint density at radius 3 is 1.93 bits per heavy atom. The van der Waals surface area contributed by atoms with E-state index in [2.05, 4.69) is 16.0 Å². The average Bonchev–Trinajstić information content (AvgIpc) is 3.73. The number of hydrogen-bond acceptors (Lipinski definition) is 7. The maximum atomic E-state index is 13.6. The number of nitrogens with one attached hydrogen (secondary N) is 3. The third kappa shape index (κ3) is 10.0. The van der Waals surface area contributed by atoms with Gasteiger partial charge in [0, 0.05) is 13.5 Å². The number of methoxy groups -OCH3 is 1. The van der Waals surface area contributed by atoms with Crippen LogP contribution in [0.3, 0.4) is 0 Å². The molecule has 1 heterocycles. The second-order valence-corrected chi connectivity index (χ2v) is 11.4. The number of ketones is 1.